The molecule has 0 spiro atoms. The zero-order valence-corrected chi connectivity index (χ0v) is 11.9. The lowest BCUT2D eigenvalue weighted by Crippen LogP contribution is -2.36. The van der Waals surface area contributed by atoms with Gasteiger partial charge in [-0.1, -0.05) is 18.2 Å². The number of para-hydroxylation sites is 1. The molecule has 110 valence electrons. The first-order chi connectivity index (χ1) is 9.79. The number of hydrogen-bond acceptors (Lipinski definition) is 4. The van der Waals surface area contributed by atoms with Crippen molar-refractivity contribution in [3.8, 4) is 5.75 Å². The number of carbonyl (C=O) groups is 1. The van der Waals surface area contributed by atoms with Crippen LogP contribution >= 0.6 is 0 Å². The molecule has 5 heteroatoms. The van der Waals surface area contributed by atoms with Crippen molar-refractivity contribution in [1.82, 2.24) is 10.6 Å². The number of rotatable bonds is 7. The minimum absolute atomic E-state index is 0.0195. The molecule has 0 aliphatic carbocycles. The van der Waals surface area contributed by atoms with Gasteiger partial charge in [-0.2, -0.15) is 0 Å². The minimum atomic E-state index is -0.0195. The Morgan fingerprint density at radius 2 is 2.30 bits per heavy atom. The first-order valence-corrected chi connectivity index (χ1v) is 7.00. The summed E-state index contributed by atoms with van der Waals surface area (Å²) in [4.78, 5) is 11.7. The Morgan fingerprint density at radius 1 is 1.45 bits per heavy atom. The lowest BCUT2D eigenvalue weighted by Gasteiger charge is -2.12. The van der Waals surface area contributed by atoms with E-state index in [0.717, 1.165) is 37.3 Å². The number of benzene rings is 1. The maximum absolute atomic E-state index is 11.7. The third kappa shape index (κ3) is 4.51. The highest BCUT2D eigenvalue weighted by Crippen LogP contribution is 2.16. The molecule has 0 radical (unpaired) electrons. The summed E-state index contributed by atoms with van der Waals surface area (Å²) >= 11 is 0. The Hall–Kier alpha value is -1.59. The SMILES string of the molecule is COc1ccccc1CNC(=O)CNC[C@@H]1CCCO1. The molecule has 1 aromatic carbocycles. The number of carbonyl (C=O) groups excluding carboxylic acids is 1. The highest BCUT2D eigenvalue weighted by atomic mass is 16.5. The Morgan fingerprint density at radius 3 is 3.05 bits per heavy atom. The summed E-state index contributed by atoms with van der Waals surface area (Å²) < 4.78 is 10.7. The van der Waals surface area contributed by atoms with Crippen molar-refractivity contribution in [2.75, 3.05) is 26.8 Å². The summed E-state index contributed by atoms with van der Waals surface area (Å²) in [5, 5.41) is 6.00. The molecule has 2 rings (SSSR count). The molecule has 1 atom stereocenters. The van der Waals surface area contributed by atoms with Crippen molar-refractivity contribution in [3.63, 3.8) is 0 Å². The topological polar surface area (TPSA) is 59.6 Å². The van der Waals surface area contributed by atoms with Crippen LogP contribution in [0.3, 0.4) is 0 Å². The Kier molecular flexibility index (Phi) is 5.83. The molecule has 0 saturated carbocycles. The Balaban J connectivity index is 1.66. The van der Waals surface area contributed by atoms with Crippen LogP contribution < -0.4 is 15.4 Å². The summed E-state index contributed by atoms with van der Waals surface area (Å²) in [5.41, 5.74) is 0.975. The molecule has 2 N–H and O–H groups in total. The molecule has 1 aliphatic heterocycles. The van der Waals surface area contributed by atoms with Crippen LogP contribution in [0.25, 0.3) is 0 Å². The second-order valence-corrected chi connectivity index (χ2v) is 4.85. The van der Waals surface area contributed by atoms with E-state index in [2.05, 4.69) is 10.6 Å². The second-order valence-electron chi connectivity index (χ2n) is 4.85. The van der Waals surface area contributed by atoms with Crippen LogP contribution in [-0.2, 0) is 16.1 Å². The van der Waals surface area contributed by atoms with Gasteiger partial charge < -0.3 is 20.1 Å². The Bertz CT molecular complexity index is 431. The third-order valence-corrected chi connectivity index (χ3v) is 3.35. The quantitative estimate of drug-likeness (QED) is 0.783. The molecule has 1 amide bonds. The van der Waals surface area contributed by atoms with E-state index < -0.39 is 0 Å². The highest BCUT2D eigenvalue weighted by Gasteiger charge is 2.15. The number of nitrogens with one attached hydrogen (secondary N) is 2. The lowest BCUT2D eigenvalue weighted by molar-refractivity contribution is -0.120. The van der Waals surface area contributed by atoms with Gasteiger partial charge in [0.05, 0.1) is 19.8 Å². The first-order valence-electron chi connectivity index (χ1n) is 7.00. The van der Waals surface area contributed by atoms with Crippen LogP contribution in [0.2, 0.25) is 0 Å². The van der Waals surface area contributed by atoms with Crippen molar-refractivity contribution in [3.05, 3.63) is 29.8 Å². The second kappa shape index (κ2) is 7.87. The van der Waals surface area contributed by atoms with Gasteiger partial charge in [-0.3, -0.25) is 4.79 Å². The number of hydrogen-bond donors (Lipinski definition) is 2. The summed E-state index contributed by atoms with van der Waals surface area (Å²) in [6, 6.07) is 7.67. The monoisotopic (exact) mass is 278 g/mol. The molecular formula is C15H22N2O3. The van der Waals surface area contributed by atoms with E-state index in [1.807, 2.05) is 24.3 Å². The third-order valence-electron chi connectivity index (χ3n) is 3.35. The average molecular weight is 278 g/mol. The van der Waals surface area contributed by atoms with Gasteiger partial charge in [-0.25, -0.2) is 0 Å². The van der Waals surface area contributed by atoms with Crippen molar-refractivity contribution < 1.29 is 14.3 Å². The summed E-state index contributed by atoms with van der Waals surface area (Å²) in [6.07, 6.45) is 2.46. The van der Waals surface area contributed by atoms with E-state index in [9.17, 15) is 4.79 Å². The van der Waals surface area contributed by atoms with Gasteiger partial charge in [0.15, 0.2) is 0 Å². The first kappa shape index (κ1) is 14.8. The van der Waals surface area contributed by atoms with E-state index in [1.165, 1.54) is 0 Å². The molecule has 0 aromatic heterocycles. The lowest BCUT2D eigenvalue weighted by atomic mass is 10.2. The summed E-state index contributed by atoms with van der Waals surface area (Å²) in [5.74, 6) is 0.772. The molecule has 1 fully saturated rings. The van der Waals surface area contributed by atoms with Gasteiger partial charge in [-0.15, -0.1) is 0 Å². The molecule has 0 bridgehead atoms. The average Bonchev–Trinajstić information content (AvgIpc) is 2.98. The van der Waals surface area contributed by atoms with Crippen LogP contribution in [0.5, 0.6) is 5.75 Å². The normalized spacial score (nSPS) is 17.9. The van der Waals surface area contributed by atoms with Crippen molar-refractivity contribution in [2.45, 2.75) is 25.5 Å². The zero-order valence-electron chi connectivity index (χ0n) is 11.9. The number of amides is 1. The summed E-state index contributed by atoms with van der Waals surface area (Å²) in [7, 11) is 1.63. The maximum Gasteiger partial charge on any atom is 0.234 e. The van der Waals surface area contributed by atoms with Crippen molar-refractivity contribution in [2.24, 2.45) is 0 Å². The Labute approximate surface area is 119 Å². The van der Waals surface area contributed by atoms with Crippen molar-refractivity contribution >= 4 is 5.91 Å². The van der Waals surface area contributed by atoms with Gasteiger partial charge in [-0.05, 0) is 18.9 Å². The van der Waals surface area contributed by atoms with E-state index in [1.54, 1.807) is 7.11 Å². The smallest absolute Gasteiger partial charge is 0.234 e. The zero-order chi connectivity index (χ0) is 14.2. The maximum atomic E-state index is 11.7. The van der Waals surface area contributed by atoms with E-state index >= 15 is 0 Å². The van der Waals surface area contributed by atoms with Crippen LogP contribution in [0.1, 0.15) is 18.4 Å². The van der Waals surface area contributed by atoms with Gasteiger partial charge in [0, 0.05) is 25.3 Å². The molecular weight excluding hydrogens is 256 g/mol. The van der Waals surface area contributed by atoms with Crippen LogP contribution in [0.4, 0.5) is 0 Å². The predicted molar refractivity (Wildman–Crippen MR) is 76.7 cm³/mol. The molecule has 1 heterocycles. The van der Waals surface area contributed by atoms with Crippen molar-refractivity contribution in [1.29, 1.82) is 0 Å². The molecule has 5 nitrogen and oxygen atoms in total. The van der Waals surface area contributed by atoms with Gasteiger partial charge in [0.25, 0.3) is 0 Å². The fourth-order valence-corrected chi connectivity index (χ4v) is 2.26. The fourth-order valence-electron chi connectivity index (χ4n) is 2.26. The van der Waals surface area contributed by atoms with E-state index in [-0.39, 0.29) is 12.0 Å². The van der Waals surface area contributed by atoms with Gasteiger partial charge in [0.2, 0.25) is 5.91 Å². The standard InChI is InChI=1S/C15H22N2O3/c1-19-14-7-3-2-5-12(14)9-17-15(18)11-16-10-13-6-4-8-20-13/h2-3,5,7,13,16H,4,6,8-11H2,1H3,(H,17,18)/t13-/m0/s1. The molecule has 1 aliphatic rings. The summed E-state index contributed by atoms with van der Waals surface area (Å²) in [6.45, 7) is 2.37. The molecule has 0 unspecified atom stereocenters. The van der Waals surface area contributed by atoms with Gasteiger partial charge in [0.1, 0.15) is 5.75 Å². The van der Waals surface area contributed by atoms with E-state index in [0.29, 0.717) is 13.1 Å². The molecule has 1 saturated heterocycles. The largest absolute Gasteiger partial charge is 0.496 e. The van der Waals surface area contributed by atoms with Crippen LogP contribution in [0, 0.1) is 0 Å². The molecule has 1 aromatic rings. The highest BCUT2D eigenvalue weighted by molar-refractivity contribution is 5.78. The van der Waals surface area contributed by atoms with E-state index in [4.69, 9.17) is 9.47 Å². The fraction of sp³-hybridized carbons (Fsp3) is 0.533. The minimum Gasteiger partial charge on any atom is -0.496 e. The van der Waals surface area contributed by atoms with Crippen LogP contribution in [0.15, 0.2) is 24.3 Å². The van der Waals surface area contributed by atoms with Gasteiger partial charge >= 0.3 is 0 Å². The number of ether oxygens (including phenoxy) is 2. The predicted octanol–water partition coefficient (Wildman–Crippen LogP) is 1.08. The number of methoxy groups -OCH3 is 1. The molecule has 20 heavy (non-hydrogen) atoms. The van der Waals surface area contributed by atoms with Crippen LogP contribution in [-0.4, -0.2) is 38.8 Å².